The van der Waals surface area contributed by atoms with Gasteiger partial charge in [-0.15, -0.1) is 11.3 Å². The minimum Gasteiger partial charge on any atom is -0.494 e. The number of benzene rings is 1. The highest BCUT2D eigenvalue weighted by Gasteiger charge is 2.22. The van der Waals surface area contributed by atoms with Crippen molar-refractivity contribution >= 4 is 65.4 Å². The van der Waals surface area contributed by atoms with E-state index in [-0.39, 0.29) is 11.3 Å². The smallest absolute Gasteiger partial charge is 0.278 e. The highest BCUT2D eigenvalue weighted by atomic mass is 32.2. The fourth-order valence-electron chi connectivity index (χ4n) is 5.27. The molecule has 0 unspecified atom stereocenters. The van der Waals surface area contributed by atoms with Gasteiger partial charge in [-0.2, -0.15) is 4.98 Å². The van der Waals surface area contributed by atoms with Crippen LogP contribution in [0.15, 0.2) is 40.6 Å². The molecule has 11 nitrogen and oxygen atoms in total. The van der Waals surface area contributed by atoms with Gasteiger partial charge in [-0.1, -0.05) is 0 Å². The van der Waals surface area contributed by atoms with Crippen molar-refractivity contribution < 1.29 is 13.2 Å². The van der Waals surface area contributed by atoms with Crippen LogP contribution in [0, 0.1) is 6.92 Å². The van der Waals surface area contributed by atoms with Crippen LogP contribution in [0.4, 0.5) is 17.3 Å². The van der Waals surface area contributed by atoms with Gasteiger partial charge < -0.3 is 19.5 Å². The summed E-state index contributed by atoms with van der Waals surface area (Å²) in [5.74, 6) is 1.16. The number of sulfone groups is 1. The summed E-state index contributed by atoms with van der Waals surface area (Å²) in [5, 5.41) is 6.05. The standard InChI is InChI=1S/C27H31N7O4S2/c1-17-15-20(22(38-3)16-21(17)33-10-8-32(9-11-33)12-14-40(4,36)37)29-27-30-24-18(5-7-31(24)2)25-28-19-6-13-39-23(19)26(35)34(25)27/h5-7,13,15-16H,8-12,14H2,1-4H3,(H,29,30). The van der Waals surface area contributed by atoms with Gasteiger partial charge in [0.25, 0.3) is 5.56 Å². The van der Waals surface area contributed by atoms with E-state index in [4.69, 9.17) is 14.7 Å². The molecule has 0 aliphatic carbocycles. The van der Waals surface area contributed by atoms with E-state index in [2.05, 4.69) is 15.1 Å². The summed E-state index contributed by atoms with van der Waals surface area (Å²) in [4.78, 5) is 27.7. The molecule has 0 saturated carbocycles. The van der Waals surface area contributed by atoms with Gasteiger partial charge in [-0.05, 0) is 36.1 Å². The van der Waals surface area contributed by atoms with E-state index in [0.29, 0.717) is 45.4 Å². The van der Waals surface area contributed by atoms with E-state index >= 15 is 0 Å². The monoisotopic (exact) mass is 581 g/mol. The van der Waals surface area contributed by atoms with Crippen molar-refractivity contribution in [2.45, 2.75) is 6.92 Å². The number of ether oxygens (including phenoxy) is 1. The number of piperazine rings is 1. The molecule has 5 aromatic rings. The van der Waals surface area contributed by atoms with Crippen LogP contribution in [0.3, 0.4) is 0 Å². The average Bonchev–Trinajstić information content (AvgIpc) is 3.55. The Hall–Kier alpha value is -3.68. The zero-order valence-electron chi connectivity index (χ0n) is 22.8. The maximum absolute atomic E-state index is 13.6. The number of methoxy groups -OCH3 is 1. The van der Waals surface area contributed by atoms with Crippen molar-refractivity contribution in [1.29, 1.82) is 0 Å². The summed E-state index contributed by atoms with van der Waals surface area (Å²) in [6.07, 6.45) is 3.19. The third kappa shape index (κ3) is 4.78. The summed E-state index contributed by atoms with van der Waals surface area (Å²) >= 11 is 1.37. The number of aryl methyl sites for hydroxylation is 2. The normalized spacial score (nSPS) is 14.9. The van der Waals surface area contributed by atoms with Crippen molar-refractivity contribution in [2.75, 3.05) is 62.1 Å². The number of anilines is 3. The number of rotatable bonds is 7. The highest BCUT2D eigenvalue weighted by molar-refractivity contribution is 7.90. The van der Waals surface area contributed by atoms with E-state index in [1.165, 1.54) is 17.6 Å². The molecule has 0 bridgehead atoms. The molecule has 1 fully saturated rings. The molecule has 1 aliphatic heterocycles. The quantitative estimate of drug-likeness (QED) is 0.310. The van der Waals surface area contributed by atoms with Gasteiger partial charge in [-0.25, -0.2) is 17.8 Å². The summed E-state index contributed by atoms with van der Waals surface area (Å²) in [6, 6.07) is 7.80. The Bertz CT molecular complexity index is 1920. The Morgan fingerprint density at radius 2 is 1.88 bits per heavy atom. The fourth-order valence-corrected chi connectivity index (χ4v) is 6.62. The number of thiophene rings is 1. The molecule has 1 aromatic carbocycles. The van der Waals surface area contributed by atoms with Gasteiger partial charge in [0.05, 0.1) is 29.5 Å². The van der Waals surface area contributed by atoms with Crippen molar-refractivity contribution in [3.8, 4) is 5.75 Å². The predicted octanol–water partition coefficient (Wildman–Crippen LogP) is 3.02. The van der Waals surface area contributed by atoms with Crippen LogP contribution in [0.5, 0.6) is 5.75 Å². The minimum atomic E-state index is -2.98. The van der Waals surface area contributed by atoms with Crippen LogP contribution in [0.25, 0.3) is 26.9 Å². The summed E-state index contributed by atoms with van der Waals surface area (Å²) in [7, 11) is 0.555. The lowest BCUT2D eigenvalue weighted by Gasteiger charge is -2.37. The SMILES string of the molecule is COc1cc(N2CCN(CCS(C)(=O)=O)CC2)c(C)cc1Nc1nc2c(ccn2C)c2nc3ccsc3c(=O)n12. The number of nitrogens with one attached hydrogen (secondary N) is 1. The lowest BCUT2D eigenvalue weighted by Crippen LogP contribution is -2.47. The maximum atomic E-state index is 13.6. The third-order valence-corrected chi connectivity index (χ3v) is 9.26. The first-order chi connectivity index (χ1) is 19.1. The lowest BCUT2D eigenvalue weighted by molar-refractivity contribution is 0.272. The molecule has 13 heteroatoms. The zero-order chi connectivity index (χ0) is 28.2. The first-order valence-electron chi connectivity index (χ1n) is 13.0. The molecule has 1 saturated heterocycles. The van der Waals surface area contributed by atoms with Crippen molar-refractivity contribution in [3.63, 3.8) is 0 Å². The van der Waals surface area contributed by atoms with Gasteiger partial charge in [0, 0.05) is 64.0 Å². The van der Waals surface area contributed by atoms with Crippen molar-refractivity contribution in [1.82, 2.24) is 23.8 Å². The van der Waals surface area contributed by atoms with Gasteiger partial charge in [0.2, 0.25) is 5.95 Å². The molecule has 0 radical (unpaired) electrons. The van der Waals surface area contributed by atoms with Crippen molar-refractivity contribution in [2.24, 2.45) is 7.05 Å². The molecular formula is C27H31N7O4S2. The first kappa shape index (κ1) is 26.5. The molecule has 210 valence electrons. The van der Waals surface area contributed by atoms with Crippen LogP contribution in [0.2, 0.25) is 0 Å². The van der Waals surface area contributed by atoms with Crippen LogP contribution in [0.1, 0.15) is 5.56 Å². The molecule has 1 N–H and O–H groups in total. The van der Waals surface area contributed by atoms with E-state index in [1.54, 1.807) is 11.5 Å². The maximum Gasteiger partial charge on any atom is 0.278 e. The van der Waals surface area contributed by atoms with E-state index in [9.17, 15) is 13.2 Å². The summed E-state index contributed by atoms with van der Waals surface area (Å²) in [5.41, 5.74) is 4.55. The van der Waals surface area contributed by atoms with Crippen LogP contribution in [-0.4, -0.2) is 84.1 Å². The second kappa shape index (κ2) is 10.1. The summed E-state index contributed by atoms with van der Waals surface area (Å²) < 4.78 is 32.9. The number of nitrogens with zero attached hydrogens (tertiary/aromatic N) is 6. The minimum absolute atomic E-state index is 0.170. The third-order valence-electron chi connectivity index (χ3n) is 7.44. The van der Waals surface area contributed by atoms with E-state index in [1.807, 2.05) is 54.4 Å². The zero-order valence-corrected chi connectivity index (χ0v) is 24.5. The first-order valence-corrected chi connectivity index (χ1v) is 15.9. The van der Waals surface area contributed by atoms with Gasteiger partial charge in [0.15, 0.2) is 5.65 Å². The Balaban J connectivity index is 1.35. The van der Waals surface area contributed by atoms with Crippen LogP contribution in [-0.2, 0) is 16.9 Å². The van der Waals surface area contributed by atoms with Crippen LogP contribution < -0.4 is 20.5 Å². The summed E-state index contributed by atoms with van der Waals surface area (Å²) in [6.45, 7) is 5.75. The van der Waals surface area contributed by atoms with E-state index in [0.717, 1.165) is 42.8 Å². The topological polar surface area (TPSA) is 114 Å². The fraction of sp³-hybridized carbons (Fsp3) is 0.370. The van der Waals surface area contributed by atoms with Gasteiger partial charge in [0.1, 0.15) is 25.9 Å². The van der Waals surface area contributed by atoms with Gasteiger partial charge >= 0.3 is 0 Å². The number of aromatic nitrogens is 4. The molecule has 4 aromatic heterocycles. The highest BCUT2D eigenvalue weighted by Crippen LogP contribution is 2.36. The molecule has 40 heavy (non-hydrogen) atoms. The number of hydrogen-bond donors (Lipinski definition) is 1. The Labute approximate surface area is 235 Å². The molecule has 6 rings (SSSR count). The Morgan fingerprint density at radius 1 is 1.10 bits per heavy atom. The predicted molar refractivity (Wildman–Crippen MR) is 160 cm³/mol. The second-order valence-corrected chi connectivity index (χ2v) is 13.4. The molecule has 1 aliphatic rings. The van der Waals surface area contributed by atoms with Crippen LogP contribution >= 0.6 is 11.3 Å². The Kier molecular flexibility index (Phi) is 6.67. The molecule has 5 heterocycles. The Morgan fingerprint density at radius 3 is 2.60 bits per heavy atom. The van der Waals surface area contributed by atoms with Crippen molar-refractivity contribution in [3.05, 3.63) is 51.8 Å². The molecular weight excluding hydrogens is 550 g/mol. The largest absolute Gasteiger partial charge is 0.494 e. The average molecular weight is 582 g/mol. The number of hydrogen-bond acceptors (Lipinski definition) is 10. The lowest BCUT2D eigenvalue weighted by atomic mass is 10.1. The molecule has 0 spiro atoms. The van der Waals surface area contributed by atoms with Gasteiger partial charge in [-0.3, -0.25) is 9.69 Å². The molecule has 0 amide bonds. The molecule has 0 atom stereocenters. The second-order valence-electron chi connectivity index (χ2n) is 10.2. The number of fused-ring (bicyclic) bond motifs is 4. The van der Waals surface area contributed by atoms with E-state index < -0.39 is 9.84 Å².